The normalized spacial score (nSPS) is 17.8. The molecule has 0 aliphatic carbocycles. The summed E-state index contributed by atoms with van der Waals surface area (Å²) in [6.45, 7) is 1.36. The van der Waals surface area contributed by atoms with E-state index >= 15 is 0 Å². The molecular formula is C24H22ClF4N5O4. The number of nitrogens with zero attached hydrogens (tertiary/aromatic N) is 4. The van der Waals surface area contributed by atoms with E-state index in [1.807, 2.05) is 0 Å². The molecule has 14 heteroatoms. The summed E-state index contributed by atoms with van der Waals surface area (Å²) in [6, 6.07) is 3.51. The lowest BCUT2D eigenvalue weighted by Gasteiger charge is -2.33. The second-order valence-electron chi connectivity index (χ2n) is 8.86. The molecule has 2 aromatic heterocycles. The number of fused-ring (bicyclic) bond motifs is 1. The van der Waals surface area contributed by atoms with Gasteiger partial charge in [-0.1, -0.05) is 11.6 Å². The number of benzene rings is 1. The molecule has 0 amide bonds. The van der Waals surface area contributed by atoms with E-state index in [4.69, 9.17) is 21.1 Å². The second-order valence-corrected chi connectivity index (χ2v) is 9.24. The molecule has 0 spiro atoms. The Labute approximate surface area is 218 Å². The van der Waals surface area contributed by atoms with Crippen LogP contribution in [0.1, 0.15) is 23.0 Å². The topological polar surface area (TPSA) is 90.6 Å². The average molecular weight is 556 g/mol. The van der Waals surface area contributed by atoms with Crippen LogP contribution in [0.15, 0.2) is 40.1 Å². The zero-order chi connectivity index (χ0) is 27.2. The number of hydrogen-bond acceptors (Lipinski definition) is 7. The van der Waals surface area contributed by atoms with Gasteiger partial charge in [-0.3, -0.25) is 9.59 Å². The highest BCUT2D eigenvalue weighted by Crippen LogP contribution is 2.38. The smallest absolute Gasteiger partial charge is 0.374 e. The summed E-state index contributed by atoms with van der Waals surface area (Å²) >= 11 is 6.43. The number of pyridine rings is 1. The van der Waals surface area contributed by atoms with Gasteiger partial charge in [-0.2, -0.15) is 23.0 Å². The highest BCUT2D eigenvalue weighted by Gasteiger charge is 2.35. The quantitative estimate of drug-likeness (QED) is 0.492. The first-order chi connectivity index (χ1) is 18.0. The van der Waals surface area contributed by atoms with Crippen LogP contribution >= 0.6 is 11.6 Å². The van der Waals surface area contributed by atoms with Gasteiger partial charge in [-0.25, -0.2) is 4.39 Å². The van der Waals surface area contributed by atoms with Crippen LogP contribution < -0.4 is 21.3 Å². The molecule has 4 heterocycles. The Kier molecular flexibility index (Phi) is 6.92. The van der Waals surface area contributed by atoms with E-state index in [1.54, 1.807) is 11.9 Å². The van der Waals surface area contributed by atoms with Crippen LogP contribution in [0, 0.1) is 5.82 Å². The van der Waals surface area contributed by atoms with Crippen molar-refractivity contribution < 1.29 is 27.0 Å². The summed E-state index contributed by atoms with van der Waals surface area (Å²) in [7, 11) is 1.55. The lowest BCUT2D eigenvalue weighted by molar-refractivity contribution is -0.137. The molecule has 1 aromatic carbocycles. The van der Waals surface area contributed by atoms with Crippen molar-refractivity contribution in [2.75, 3.05) is 36.6 Å². The molecule has 5 rings (SSSR count). The number of alkyl halides is 3. The van der Waals surface area contributed by atoms with Gasteiger partial charge in [0.1, 0.15) is 10.8 Å². The Morgan fingerprint density at radius 3 is 2.66 bits per heavy atom. The third kappa shape index (κ3) is 4.88. The van der Waals surface area contributed by atoms with Gasteiger partial charge in [0.05, 0.1) is 49.5 Å². The summed E-state index contributed by atoms with van der Waals surface area (Å²) in [5.41, 5.74) is -0.912. The fraction of sp³-hybridized carbons (Fsp3) is 0.375. The highest BCUT2D eigenvalue weighted by molar-refractivity contribution is 6.33. The van der Waals surface area contributed by atoms with Crippen molar-refractivity contribution in [2.45, 2.75) is 25.4 Å². The maximum Gasteiger partial charge on any atom is 0.418 e. The minimum Gasteiger partial charge on any atom is -0.374 e. The lowest BCUT2D eigenvalue weighted by Crippen LogP contribution is -2.39. The summed E-state index contributed by atoms with van der Waals surface area (Å²) < 4.78 is 67.5. The zero-order valence-corrected chi connectivity index (χ0v) is 20.8. The van der Waals surface area contributed by atoms with Crippen LogP contribution in [0.25, 0.3) is 0 Å². The fourth-order valence-electron chi connectivity index (χ4n) is 4.59. The van der Waals surface area contributed by atoms with Gasteiger partial charge in [0, 0.05) is 31.0 Å². The molecule has 1 N–H and O–H groups in total. The fourth-order valence-corrected chi connectivity index (χ4v) is 4.84. The Balaban J connectivity index is 1.48. The van der Waals surface area contributed by atoms with Gasteiger partial charge in [-0.15, -0.1) is 0 Å². The molecule has 2 aliphatic rings. The number of rotatable bonds is 4. The van der Waals surface area contributed by atoms with Gasteiger partial charge in [0.25, 0.3) is 11.1 Å². The van der Waals surface area contributed by atoms with Crippen LogP contribution in [0.4, 0.5) is 34.6 Å². The third-order valence-corrected chi connectivity index (χ3v) is 6.90. The van der Waals surface area contributed by atoms with E-state index in [1.165, 1.54) is 16.8 Å². The van der Waals surface area contributed by atoms with Crippen LogP contribution in [0.3, 0.4) is 0 Å². The van der Waals surface area contributed by atoms with Gasteiger partial charge in [0.15, 0.2) is 6.23 Å². The summed E-state index contributed by atoms with van der Waals surface area (Å²) in [5, 5.41) is 6.80. The first kappa shape index (κ1) is 26.2. The van der Waals surface area contributed by atoms with E-state index < -0.39 is 34.9 Å². The van der Waals surface area contributed by atoms with E-state index in [0.717, 1.165) is 16.8 Å². The maximum absolute atomic E-state index is 13.6. The molecule has 38 heavy (non-hydrogen) atoms. The third-order valence-electron chi connectivity index (χ3n) is 6.54. The largest absolute Gasteiger partial charge is 0.418 e. The number of nitrogens with one attached hydrogen (secondary N) is 1. The number of halogens is 5. The van der Waals surface area contributed by atoms with Gasteiger partial charge >= 0.3 is 6.18 Å². The zero-order valence-electron chi connectivity index (χ0n) is 20.0. The van der Waals surface area contributed by atoms with Gasteiger partial charge in [-0.05, 0) is 30.2 Å². The second kappa shape index (κ2) is 10.0. The van der Waals surface area contributed by atoms with Crippen molar-refractivity contribution in [3.05, 3.63) is 78.8 Å². The van der Waals surface area contributed by atoms with Crippen LogP contribution in [-0.4, -0.2) is 40.7 Å². The molecule has 1 saturated heterocycles. The number of anilines is 3. The van der Waals surface area contributed by atoms with Crippen molar-refractivity contribution in [2.24, 2.45) is 7.05 Å². The molecule has 202 valence electrons. The minimum atomic E-state index is -4.81. The number of ether oxygens (including phenoxy) is 2. The molecule has 1 fully saturated rings. The molecule has 1 unspecified atom stereocenters. The summed E-state index contributed by atoms with van der Waals surface area (Å²) in [4.78, 5) is 27.4. The predicted octanol–water partition coefficient (Wildman–Crippen LogP) is 3.61. The molecule has 1 atom stereocenters. The van der Waals surface area contributed by atoms with Crippen LogP contribution in [-0.2, 0) is 35.7 Å². The molecular weight excluding hydrogens is 534 g/mol. The highest BCUT2D eigenvalue weighted by atomic mass is 35.5. The Morgan fingerprint density at radius 1 is 1.16 bits per heavy atom. The maximum atomic E-state index is 13.6. The van der Waals surface area contributed by atoms with E-state index in [2.05, 4.69) is 10.4 Å². The SMILES string of the molecule is Cn1c2c(c(Nc3ccc(F)cc3C(F)(F)F)cc1=O)CCN(c1cnn(C3COCCO3)c(=O)c1Cl)C2. The van der Waals surface area contributed by atoms with E-state index in [0.29, 0.717) is 49.2 Å². The van der Waals surface area contributed by atoms with E-state index in [-0.39, 0.29) is 29.5 Å². The van der Waals surface area contributed by atoms with Gasteiger partial charge < -0.3 is 24.3 Å². The Hall–Kier alpha value is -3.42. The summed E-state index contributed by atoms with van der Waals surface area (Å²) in [6.07, 6.45) is -3.76. The van der Waals surface area contributed by atoms with Crippen LogP contribution in [0.2, 0.25) is 5.02 Å². The average Bonchev–Trinajstić information content (AvgIpc) is 2.89. The van der Waals surface area contributed by atoms with Crippen molar-refractivity contribution in [1.82, 2.24) is 14.3 Å². The van der Waals surface area contributed by atoms with Crippen molar-refractivity contribution in [3.8, 4) is 0 Å². The van der Waals surface area contributed by atoms with E-state index in [9.17, 15) is 27.2 Å². The van der Waals surface area contributed by atoms with Crippen molar-refractivity contribution in [1.29, 1.82) is 0 Å². The first-order valence-electron chi connectivity index (χ1n) is 11.6. The molecule has 2 aliphatic heterocycles. The predicted molar refractivity (Wildman–Crippen MR) is 130 cm³/mol. The standard InChI is InChI=1S/C24H22ClF4N5O4/c1-32-19-11-33(18-10-30-34(23(36)22(18)25)21-12-37-6-7-38-21)5-4-14(19)17(9-20(32)35)31-16-3-2-13(26)8-15(16)24(27,28)29/h2-3,8-10,21,31H,4-7,11-12H2,1H3. The molecule has 0 bridgehead atoms. The number of aromatic nitrogens is 3. The molecule has 9 nitrogen and oxygen atoms in total. The number of hydrogen-bond donors (Lipinski definition) is 1. The Bertz CT molecular complexity index is 1500. The van der Waals surface area contributed by atoms with Crippen molar-refractivity contribution in [3.63, 3.8) is 0 Å². The molecule has 0 radical (unpaired) electrons. The van der Waals surface area contributed by atoms with Crippen molar-refractivity contribution >= 4 is 28.7 Å². The molecule has 0 saturated carbocycles. The van der Waals surface area contributed by atoms with Crippen LogP contribution in [0.5, 0.6) is 0 Å². The monoisotopic (exact) mass is 555 g/mol. The van der Waals surface area contributed by atoms with Gasteiger partial charge in [0.2, 0.25) is 0 Å². The first-order valence-corrected chi connectivity index (χ1v) is 12.0. The minimum absolute atomic E-state index is 0.0852. The Morgan fingerprint density at radius 2 is 1.95 bits per heavy atom. The lowest BCUT2D eigenvalue weighted by atomic mass is 10.0. The summed E-state index contributed by atoms with van der Waals surface area (Å²) in [5.74, 6) is -1.03. The molecule has 3 aromatic rings.